The van der Waals surface area contributed by atoms with Gasteiger partial charge in [0.25, 0.3) is 0 Å². The molecule has 0 aliphatic rings. The van der Waals surface area contributed by atoms with E-state index in [4.69, 9.17) is 15.7 Å². The van der Waals surface area contributed by atoms with Gasteiger partial charge in [-0.15, -0.1) is 0 Å². The number of halogens is 2. The van der Waals surface area contributed by atoms with Gasteiger partial charge in [-0.25, -0.2) is 4.39 Å². The third kappa shape index (κ3) is 4.18. The van der Waals surface area contributed by atoms with Gasteiger partial charge in [0, 0.05) is 16.0 Å². The van der Waals surface area contributed by atoms with E-state index in [1.165, 1.54) is 12.1 Å². The maximum Gasteiger partial charge on any atom is 0.144 e. The molecule has 3 N–H and O–H groups in total. The molecule has 0 heterocycles. The largest absolute Gasteiger partial charge is 0.493 e. The summed E-state index contributed by atoms with van der Waals surface area (Å²) in [5.74, 6) is 0.221. The van der Waals surface area contributed by atoms with Crippen molar-refractivity contribution in [3.8, 4) is 5.75 Å². The Bertz CT molecular complexity index is 429. The first-order valence-electron chi connectivity index (χ1n) is 5.42. The maximum absolute atomic E-state index is 13.1. The average molecular weight is 319 g/mol. The molecule has 1 aromatic carbocycles. The molecule has 1 rings (SSSR count). The van der Waals surface area contributed by atoms with E-state index < -0.39 is 5.41 Å². The van der Waals surface area contributed by atoms with Crippen molar-refractivity contribution in [2.75, 3.05) is 6.61 Å². The van der Waals surface area contributed by atoms with Crippen molar-refractivity contribution in [3.63, 3.8) is 0 Å². The monoisotopic (exact) mass is 318 g/mol. The topological polar surface area (TPSA) is 67.8 Å². The fraction of sp³-hybridized carbons (Fsp3) is 0.417. The van der Waals surface area contributed by atoms with E-state index in [-0.39, 0.29) is 11.7 Å². The van der Waals surface area contributed by atoms with E-state index in [0.29, 0.717) is 23.2 Å². The van der Waals surface area contributed by atoms with Crippen molar-refractivity contribution in [2.24, 2.45) is 16.3 Å². The lowest BCUT2D eigenvalue weighted by Gasteiger charge is -2.22. The summed E-state index contributed by atoms with van der Waals surface area (Å²) in [5, 5.41) is 11.6. The number of nitrogens with zero attached hydrogens (tertiary/aromatic N) is 1. The Labute approximate surface area is 114 Å². The summed E-state index contributed by atoms with van der Waals surface area (Å²) in [6.07, 6.45) is 0.553. The van der Waals surface area contributed by atoms with Crippen LogP contribution in [0.15, 0.2) is 27.8 Å². The van der Waals surface area contributed by atoms with Crippen molar-refractivity contribution in [3.05, 3.63) is 28.5 Å². The molecule has 1 aromatic rings. The third-order valence-corrected chi connectivity index (χ3v) is 3.09. The molecular formula is C12H16BrFN2O2. The molecule has 0 aromatic heterocycles. The number of hydrogen-bond donors (Lipinski definition) is 2. The second-order valence-corrected chi connectivity index (χ2v) is 5.49. The molecule has 6 heteroatoms. The van der Waals surface area contributed by atoms with Crippen molar-refractivity contribution in [1.82, 2.24) is 0 Å². The molecule has 0 spiro atoms. The summed E-state index contributed by atoms with van der Waals surface area (Å²) in [6.45, 7) is 4.03. The van der Waals surface area contributed by atoms with Crippen LogP contribution in [0.2, 0.25) is 0 Å². The summed E-state index contributed by atoms with van der Waals surface area (Å²) < 4.78 is 19.1. The molecule has 0 atom stereocenters. The van der Waals surface area contributed by atoms with E-state index in [0.717, 1.165) is 0 Å². The summed E-state index contributed by atoms with van der Waals surface area (Å²) >= 11 is 3.19. The normalized spacial score (nSPS) is 12.6. The quantitative estimate of drug-likeness (QED) is 0.379. The first-order valence-corrected chi connectivity index (χ1v) is 6.21. The SMILES string of the molecule is CC(C)(CCOc1cc(F)cc(Br)c1)/C(N)=N/O. The van der Waals surface area contributed by atoms with Gasteiger partial charge in [-0.2, -0.15) is 0 Å². The Hall–Kier alpha value is -1.30. The molecule has 0 bridgehead atoms. The smallest absolute Gasteiger partial charge is 0.144 e. The molecule has 0 amide bonds. The Kier molecular flexibility index (Phi) is 4.95. The lowest BCUT2D eigenvalue weighted by molar-refractivity contribution is 0.259. The highest BCUT2D eigenvalue weighted by Crippen LogP contribution is 2.23. The van der Waals surface area contributed by atoms with E-state index in [9.17, 15) is 4.39 Å². The highest BCUT2D eigenvalue weighted by atomic mass is 79.9. The minimum Gasteiger partial charge on any atom is -0.493 e. The van der Waals surface area contributed by atoms with Gasteiger partial charge in [-0.3, -0.25) is 0 Å². The van der Waals surface area contributed by atoms with E-state index in [1.54, 1.807) is 6.07 Å². The van der Waals surface area contributed by atoms with Crippen LogP contribution < -0.4 is 10.5 Å². The second kappa shape index (κ2) is 6.04. The van der Waals surface area contributed by atoms with Crippen LogP contribution in [0.25, 0.3) is 0 Å². The van der Waals surface area contributed by atoms with Crippen LogP contribution in [0, 0.1) is 11.2 Å². The van der Waals surface area contributed by atoms with Crippen LogP contribution in [0.4, 0.5) is 4.39 Å². The second-order valence-electron chi connectivity index (χ2n) is 4.57. The Morgan fingerprint density at radius 1 is 1.50 bits per heavy atom. The highest BCUT2D eigenvalue weighted by molar-refractivity contribution is 9.10. The number of oxime groups is 1. The molecule has 0 radical (unpaired) electrons. The molecule has 4 nitrogen and oxygen atoms in total. The third-order valence-electron chi connectivity index (χ3n) is 2.63. The highest BCUT2D eigenvalue weighted by Gasteiger charge is 2.23. The molecule has 0 aliphatic heterocycles. The standard InChI is InChI=1S/C12H16BrFN2O2/c1-12(2,11(15)16-17)3-4-18-10-6-8(13)5-9(14)7-10/h5-7,17H,3-4H2,1-2H3,(H2,15,16). The molecule has 0 unspecified atom stereocenters. The molecule has 100 valence electrons. The van der Waals surface area contributed by atoms with Crippen LogP contribution in [-0.4, -0.2) is 17.6 Å². The van der Waals surface area contributed by atoms with Crippen LogP contribution in [0.1, 0.15) is 20.3 Å². The van der Waals surface area contributed by atoms with Gasteiger partial charge in [-0.1, -0.05) is 34.9 Å². The van der Waals surface area contributed by atoms with Gasteiger partial charge < -0.3 is 15.7 Å². The summed E-state index contributed by atoms with van der Waals surface area (Å²) in [7, 11) is 0. The summed E-state index contributed by atoms with van der Waals surface area (Å²) in [5.41, 5.74) is 5.08. The number of benzene rings is 1. The molecule has 0 saturated carbocycles. The number of nitrogens with two attached hydrogens (primary N) is 1. The molecule has 0 fully saturated rings. The molecular weight excluding hydrogens is 303 g/mol. The predicted molar refractivity (Wildman–Crippen MR) is 71.4 cm³/mol. The number of hydrogen-bond acceptors (Lipinski definition) is 3. The van der Waals surface area contributed by atoms with Gasteiger partial charge in [-0.05, 0) is 18.6 Å². The molecule has 0 aliphatic carbocycles. The van der Waals surface area contributed by atoms with Crippen LogP contribution in [0.5, 0.6) is 5.75 Å². The fourth-order valence-corrected chi connectivity index (χ4v) is 1.74. The average Bonchev–Trinajstić information content (AvgIpc) is 2.26. The van der Waals surface area contributed by atoms with Crippen molar-refractivity contribution < 1.29 is 14.3 Å². The maximum atomic E-state index is 13.1. The fourth-order valence-electron chi connectivity index (χ4n) is 1.30. The van der Waals surface area contributed by atoms with E-state index in [2.05, 4.69) is 21.1 Å². The summed E-state index contributed by atoms with van der Waals surface area (Å²) in [4.78, 5) is 0. The first-order chi connectivity index (χ1) is 8.35. The van der Waals surface area contributed by atoms with Gasteiger partial charge in [0.1, 0.15) is 17.4 Å². The Morgan fingerprint density at radius 3 is 2.72 bits per heavy atom. The zero-order chi connectivity index (χ0) is 13.8. The van der Waals surface area contributed by atoms with Gasteiger partial charge in [0.15, 0.2) is 0 Å². The van der Waals surface area contributed by atoms with Crippen LogP contribution >= 0.6 is 15.9 Å². The number of rotatable bonds is 5. The lowest BCUT2D eigenvalue weighted by atomic mass is 9.88. The number of amidine groups is 1. The molecule has 0 saturated heterocycles. The zero-order valence-corrected chi connectivity index (χ0v) is 11.9. The Balaban J connectivity index is 2.56. The minimum atomic E-state index is -0.473. The van der Waals surface area contributed by atoms with Crippen LogP contribution in [0.3, 0.4) is 0 Å². The van der Waals surface area contributed by atoms with E-state index in [1.807, 2.05) is 13.8 Å². The van der Waals surface area contributed by atoms with Gasteiger partial charge in [0.2, 0.25) is 0 Å². The molecule has 18 heavy (non-hydrogen) atoms. The van der Waals surface area contributed by atoms with E-state index >= 15 is 0 Å². The zero-order valence-electron chi connectivity index (χ0n) is 10.3. The Morgan fingerprint density at radius 2 is 2.17 bits per heavy atom. The first kappa shape index (κ1) is 14.8. The van der Waals surface area contributed by atoms with Crippen molar-refractivity contribution in [1.29, 1.82) is 0 Å². The summed E-state index contributed by atoms with van der Waals surface area (Å²) in [6, 6.07) is 4.34. The van der Waals surface area contributed by atoms with Gasteiger partial charge in [0.05, 0.1) is 6.61 Å². The van der Waals surface area contributed by atoms with Crippen LogP contribution in [-0.2, 0) is 0 Å². The predicted octanol–water partition coefficient (Wildman–Crippen LogP) is 3.13. The van der Waals surface area contributed by atoms with Crippen molar-refractivity contribution >= 4 is 21.8 Å². The van der Waals surface area contributed by atoms with Crippen molar-refractivity contribution in [2.45, 2.75) is 20.3 Å². The van der Waals surface area contributed by atoms with Gasteiger partial charge >= 0.3 is 0 Å². The minimum absolute atomic E-state index is 0.145. The number of ether oxygens (including phenoxy) is 1. The lowest BCUT2D eigenvalue weighted by Crippen LogP contribution is -2.33.